The van der Waals surface area contributed by atoms with Gasteiger partial charge in [0.05, 0.1) is 5.71 Å². The van der Waals surface area contributed by atoms with E-state index in [0.29, 0.717) is 0 Å². The fourth-order valence-corrected chi connectivity index (χ4v) is 2.43. The summed E-state index contributed by atoms with van der Waals surface area (Å²) in [7, 11) is 0. The second kappa shape index (κ2) is 5.25. The average molecular weight is 276 g/mol. The van der Waals surface area contributed by atoms with E-state index in [1.165, 1.54) is 21.5 Å². The fraction of sp³-hybridized carbons (Fsp3) is 0.0588. The first kappa shape index (κ1) is 13.1. The van der Waals surface area contributed by atoms with Crippen molar-refractivity contribution in [2.75, 3.05) is 0 Å². The Balaban J connectivity index is 2.15. The molecule has 3 aromatic rings. The minimum absolute atomic E-state index is 0.0406. The van der Waals surface area contributed by atoms with Gasteiger partial charge < -0.3 is 11.5 Å². The first-order valence-electron chi connectivity index (χ1n) is 6.70. The maximum Gasteiger partial charge on any atom is 0.211 e. The molecule has 0 bridgehead atoms. The van der Waals surface area contributed by atoms with E-state index < -0.39 is 0 Å². The topological polar surface area (TPSA) is 76.8 Å². The van der Waals surface area contributed by atoms with E-state index in [4.69, 9.17) is 11.5 Å². The van der Waals surface area contributed by atoms with Crippen molar-refractivity contribution in [2.24, 2.45) is 21.7 Å². The van der Waals surface area contributed by atoms with E-state index >= 15 is 0 Å². The largest absolute Gasteiger partial charge is 0.369 e. The van der Waals surface area contributed by atoms with Gasteiger partial charge in [0.25, 0.3) is 0 Å². The van der Waals surface area contributed by atoms with Crippen LogP contribution < -0.4 is 11.5 Å². The van der Waals surface area contributed by atoms with Gasteiger partial charge in [-0.3, -0.25) is 0 Å². The van der Waals surface area contributed by atoms with Gasteiger partial charge in [-0.1, -0.05) is 48.5 Å². The lowest BCUT2D eigenvalue weighted by Crippen LogP contribution is -2.22. The Morgan fingerprint density at radius 2 is 1.52 bits per heavy atom. The summed E-state index contributed by atoms with van der Waals surface area (Å²) < 4.78 is 0. The van der Waals surface area contributed by atoms with Gasteiger partial charge in [-0.15, -0.1) is 5.10 Å². The highest BCUT2D eigenvalue weighted by Gasteiger charge is 2.03. The molecule has 21 heavy (non-hydrogen) atoms. The Labute approximate surface area is 122 Å². The third-order valence-corrected chi connectivity index (χ3v) is 3.48. The van der Waals surface area contributed by atoms with Crippen molar-refractivity contribution < 1.29 is 0 Å². The van der Waals surface area contributed by atoms with E-state index in [0.717, 1.165) is 11.3 Å². The number of rotatable bonds is 2. The van der Waals surface area contributed by atoms with Crippen LogP contribution in [0.25, 0.3) is 21.5 Å². The molecule has 0 atom stereocenters. The van der Waals surface area contributed by atoms with Gasteiger partial charge in [-0.05, 0) is 40.1 Å². The van der Waals surface area contributed by atoms with Crippen molar-refractivity contribution in [3.63, 3.8) is 0 Å². The zero-order valence-corrected chi connectivity index (χ0v) is 11.7. The lowest BCUT2D eigenvalue weighted by Gasteiger charge is -2.06. The number of fused-ring (bicyclic) bond motifs is 3. The molecule has 4 N–H and O–H groups in total. The Bertz CT molecular complexity index is 874. The van der Waals surface area contributed by atoms with Crippen molar-refractivity contribution in [2.45, 2.75) is 6.92 Å². The van der Waals surface area contributed by atoms with Crippen molar-refractivity contribution in [1.82, 2.24) is 0 Å². The second-order valence-corrected chi connectivity index (χ2v) is 4.93. The summed E-state index contributed by atoms with van der Waals surface area (Å²) in [6.07, 6.45) is 0. The first-order valence-corrected chi connectivity index (χ1v) is 6.70. The normalized spacial score (nSPS) is 11.8. The summed E-state index contributed by atoms with van der Waals surface area (Å²) in [6.45, 7) is 1.88. The Hall–Kier alpha value is -2.88. The highest BCUT2D eigenvalue weighted by atomic mass is 15.3. The predicted molar refractivity (Wildman–Crippen MR) is 89.5 cm³/mol. The lowest BCUT2D eigenvalue weighted by molar-refractivity contribution is 1.20. The molecule has 0 spiro atoms. The van der Waals surface area contributed by atoms with Gasteiger partial charge in [0.15, 0.2) is 0 Å². The van der Waals surface area contributed by atoms with Gasteiger partial charge in [-0.2, -0.15) is 5.10 Å². The minimum atomic E-state index is -0.0406. The molecule has 4 heteroatoms. The second-order valence-electron chi connectivity index (χ2n) is 4.93. The number of hydrogen-bond donors (Lipinski definition) is 2. The average Bonchev–Trinajstić information content (AvgIpc) is 2.51. The molecule has 0 heterocycles. The molecule has 0 aliphatic heterocycles. The molecule has 0 aliphatic carbocycles. The van der Waals surface area contributed by atoms with Crippen molar-refractivity contribution in [3.8, 4) is 0 Å². The van der Waals surface area contributed by atoms with Crippen LogP contribution in [-0.4, -0.2) is 11.7 Å². The van der Waals surface area contributed by atoms with E-state index in [2.05, 4.69) is 58.7 Å². The van der Waals surface area contributed by atoms with Crippen LogP contribution in [0.1, 0.15) is 12.5 Å². The van der Waals surface area contributed by atoms with E-state index in [-0.39, 0.29) is 5.96 Å². The van der Waals surface area contributed by atoms with Gasteiger partial charge in [0.1, 0.15) is 0 Å². The summed E-state index contributed by atoms with van der Waals surface area (Å²) >= 11 is 0. The Kier molecular flexibility index (Phi) is 3.28. The summed E-state index contributed by atoms with van der Waals surface area (Å²) in [4.78, 5) is 0. The van der Waals surface area contributed by atoms with Crippen LogP contribution in [0.3, 0.4) is 0 Å². The third kappa shape index (κ3) is 2.56. The van der Waals surface area contributed by atoms with Gasteiger partial charge >= 0.3 is 0 Å². The highest BCUT2D eigenvalue weighted by Crippen LogP contribution is 2.26. The lowest BCUT2D eigenvalue weighted by atomic mass is 9.99. The Morgan fingerprint density at radius 1 is 0.810 bits per heavy atom. The molecule has 0 amide bonds. The summed E-state index contributed by atoms with van der Waals surface area (Å²) in [5.41, 5.74) is 12.4. The van der Waals surface area contributed by atoms with Gasteiger partial charge in [0, 0.05) is 0 Å². The highest BCUT2D eigenvalue weighted by molar-refractivity contribution is 6.10. The minimum Gasteiger partial charge on any atom is -0.369 e. The van der Waals surface area contributed by atoms with Crippen LogP contribution in [0, 0.1) is 0 Å². The van der Waals surface area contributed by atoms with Crippen LogP contribution in [0.5, 0.6) is 0 Å². The van der Waals surface area contributed by atoms with Gasteiger partial charge in [-0.25, -0.2) is 0 Å². The van der Waals surface area contributed by atoms with Gasteiger partial charge in [0.2, 0.25) is 5.96 Å². The van der Waals surface area contributed by atoms with Crippen LogP contribution in [0.15, 0.2) is 64.8 Å². The number of hydrogen-bond acceptors (Lipinski definition) is 2. The molecule has 0 saturated carbocycles. The molecular weight excluding hydrogens is 260 g/mol. The van der Waals surface area contributed by atoms with Crippen molar-refractivity contribution >= 4 is 33.2 Å². The van der Waals surface area contributed by atoms with E-state index in [9.17, 15) is 0 Å². The summed E-state index contributed by atoms with van der Waals surface area (Å²) in [6, 6.07) is 18.9. The molecule has 0 radical (unpaired) electrons. The zero-order valence-electron chi connectivity index (χ0n) is 11.7. The molecule has 0 fully saturated rings. The number of nitrogens with two attached hydrogens (primary N) is 2. The smallest absolute Gasteiger partial charge is 0.211 e. The maximum atomic E-state index is 5.29. The molecule has 3 aromatic carbocycles. The molecular formula is C17H16N4. The Morgan fingerprint density at radius 3 is 2.33 bits per heavy atom. The number of guanidine groups is 1. The molecule has 0 aromatic heterocycles. The molecule has 4 nitrogen and oxygen atoms in total. The molecule has 0 aliphatic rings. The SMILES string of the molecule is C/C(=N\N=C(N)N)c1ccc2c(ccc3ccccc32)c1. The zero-order chi connectivity index (χ0) is 14.8. The van der Waals surface area contributed by atoms with Crippen LogP contribution in [0.2, 0.25) is 0 Å². The molecule has 3 rings (SSSR count). The molecule has 0 unspecified atom stereocenters. The van der Waals surface area contributed by atoms with Crippen LogP contribution in [0.4, 0.5) is 0 Å². The van der Waals surface area contributed by atoms with E-state index in [1.54, 1.807) is 0 Å². The third-order valence-electron chi connectivity index (χ3n) is 3.48. The molecule has 104 valence electrons. The standard InChI is InChI=1S/C17H16N4/c1-11(20-21-17(18)19)13-8-9-16-14(10-13)7-6-12-4-2-3-5-15(12)16/h2-10H,1H3,(H4,18,19,21)/b20-11+. The number of benzene rings is 3. The maximum absolute atomic E-state index is 5.29. The fourth-order valence-electron chi connectivity index (χ4n) is 2.43. The van der Waals surface area contributed by atoms with Crippen molar-refractivity contribution in [1.29, 1.82) is 0 Å². The first-order chi connectivity index (χ1) is 10.1. The summed E-state index contributed by atoms with van der Waals surface area (Å²) in [5.74, 6) is -0.0406. The quantitative estimate of drug-likeness (QED) is 0.327. The summed E-state index contributed by atoms with van der Waals surface area (Å²) in [5, 5.41) is 12.6. The van der Waals surface area contributed by atoms with Crippen LogP contribution >= 0.6 is 0 Å². The number of nitrogens with zero attached hydrogens (tertiary/aromatic N) is 2. The van der Waals surface area contributed by atoms with Crippen LogP contribution in [-0.2, 0) is 0 Å². The monoisotopic (exact) mass is 276 g/mol. The predicted octanol–water partition coefficient (Wildman–Crippen LogP) is 2.99. The van der Waals surface area contributed by atoms with Crippen molar-refractivity contribution in [3.05, 3.63) is 60.2 Å². The molecule has 0 saturated heterocycles. The van der Waals surface area contributed by atoms with E-state index in [1.807, 2.05) is 13.0 Å².